The van der Waals surface area contributed by atoms with E-state index in [4.69, 9.17) is 0 Å². The normalized spacial score (nSPS) is 15.7. The van der Waals surface area contributed by atoms with Gasteiger partial charge in [-0.3, -0.25) is 4.90 Å². The second-order valence-electron chi connectivity index (χ2n) is 4.58. The molecule has 2 aromatic rings. The number of hydrogen-bond donors (Lipinski definition) is 0. The van der Waals surface area contributed by atoms with Gasteiger partial charge in [0.25, 0.3) is 6.43 Å². The molecule has 0 fully saturated rings. The molecule has 2 heterocycles. The van der Waals surface area contributed by atoms with Crippen LogP contribution in [0.3, 0.4) is 0 Å². The van der Waals surface area contributed by atoms with Crippen LogP contribution >= 0.6 is 0 Å². The van der Waals surface area contributed by atoms with Crippen LogP contribution in [0.25, 0.3) is 11.4 Å². The second-order valence-corrected chi connectivity index (χ2v) is 4.58. The average molecular weight is 264 g/mol. The zero-order valence-electron chi connectivity index (χ0n) is 10.3. The van der Waals surface area contributed by atoms with E-state index in [9.17, 15) is 8.78 Å². The fourth-order valence-corrected chi connectivity index (χ4v) is 2.36. The zero-order valence-corrected chi connectivity index (χ0v) is 10.3. The van der Waals surface area contributed by atoms with Crippen molar-refractivity contribution in [3.63, 3.8) is 0 Å². The number of hydrogen-bond acceptors (Lipinski definition) is 3. The van der Waals surface area contributed by atoms with E-state index in [1.54, 1.807) is 4.90 Å². The summed E-state index contributed by atoms with van der Waals surface area (Å²) in [6.45, 7) is 1.49. The minimum absolute atomic E-state index is 0.201. The lowest BCUT2D eigenvalue weighted by Crippen LogP contribution is -2.37. The highest BCUT2D eigenvalue weighted by molar-refractivity contribution is 5.55. The topological polar surface area (TPSA) is 34.0 Å². The summed E-state index contributed by atoms with van der Waals surface area (Å²) in [7, 11) is 0. The molecule has 0 bridgehead atoms. The standard InChI is InChI=1S/C13H14F2N4/c14-11(15)8-18-6-7-19-12(9-18)16-17-13(19)10-4-2-1-3-5-10/h1-5,11H,6-9H2. The fourth-order valence-electron chi connectivity index (χ4n) is 2.36. The van der Waals surface area contributed by atoms with E-state index < -0.39 is 6.43 Å². The smallest absolute Gasteiger partial charge is 0.251 e. The first-order valence-electron chi connectivity index (χ1n) is 6.22. The van der Waals surface area contributed by atoms with Gasteiger partial charge >= 0.3 is 0 Å². The molecule has 0 aliphatic carbocycles. The number of aromatic nitrogens is 3. The summed E-state index contributed by atoms with van der Waals surface area (Å²) in [5.41, 5.74) is 1.00. The number of benzene rings is 1. The largest absolute Gasteiger partial charge is 0.309 e. The van der Waals surface area contributed by atoms with Crippen LogP contribution in [0.15, 0.2) is 30.3 Å². The Balaban J connectivity index is 1.84. The van der Waals surface area contributed by atoms with Crippen LogP contribution in [0, 0.1) is 0 Å². The monoisotopic (exact) mass is 264 g/mol. The van der Waals surface area contributed by atoms with Gasteiger partial charge in [0.15, 0.2) is 5.82 Å². The molecular weight excluding hydrogens is 250 g/mol. The van der Waals surface area contributed by atoms with Gasteiger partial charge in [-0.25, -0.2) is 8.78 Å². The maximum absolute atomic E-state index is 12.4. The maximum atomic E-state index is 12.4. The summed E-state index contributed by atoms with van der Waals surface area (Å²) in [6, 6.07) is 9.79. The summed E-state index contributed by atoms with van der Waals surface area (Å²) in [5, 5.41) is 8.30. The van der Waals surface area contributed by atoms with E-state index in [1.165, 1.54) is 0 Å². The third-order valence-corrected chi connectivity index (χ3v) is 3.26. The quantitative estimate of drug-likeness (QED) is 0.850. The summed E-state index contributed by atoms with van der Waals surface area (Å²) in [6.07, 6.45) is -2.30. The number of rotatable bonds is 3. The second kappa shape index (κ2) is 5.05. The summed E-state index contributed by atoms with van der Waals surface area (Å²) < 4.78 is 26.8. The molecule has 1 aromatic carbocycles. The van der Waals surface area contributed by atoms with Crippen molar-refractivity contribution in [3.8, 4) is 11.4 Å². The Labute approximate surface area is 109 Å². The van der Waals surface area contributed by atoms with Crippen LogP contribution in [-0.2, 0) is 13.1 Å². The van der Waals surface area contributed by atoms with Crippen LogP contribution < -0.4 is 0 Å². The molecule has 1 aromatic heterocycles. The van der Waals surface area contributed by atoms with Gasteiger partial charge in [0, 0.05) is 18.7 Å². The molecule has 6 heteroatoms. The van der Waals surface area contributed by atoms with Gasteiger partial charge in [-0.05, 0) is 0 Å². The van der Waals surface area contributed by atoms with E-state index in [1.807, 2.05) is 34.9 Å². The summed E-state index contributed by atoms with van der Waals surface area (Å²) >= 11 is 0. The first kappa shape index (κ1) is 12.2. The highest BCUT2D eigenvalue weighted by atomic mass is 19.3. The van der Waals surface area contributed by atoms with Crippen LogP contribution in [0.5, 0.6) is 0 Å². The molecule has 19 heavy (non-hydrogen) atoms. The summed E-state index contributed by atoms with van der Waals surface area (Å²) in [5.74, 6) is 1.57. The molecule has 3 rings (SSSR count). The Hall–Kier alpha value is -1.82. The molecule has 0 unspecified atom stereocenters. The molecule has 100 valence electrons. The maximum Gasteiger partial charge on any atom is 0.251 e. The first-order chi connectivity index (χ1) is 9.24. The average Bonchev–Trinajstić information content (AvgIpc) is 2.82. The number of nitrogens with zero attached hydrogens (tertiary/aromatic N) is 4. The van der Waals surface area contributed by atoms with E-state index in [0.717, 1.165) is 17.2 Å². The van der Waals surface area contributed by atoms with E-state index in [2.05, 4.69) is 10.2 Å². The highest BCUT2D eigenvalue weighted by Gasteiger charge is 2.23. The van der Waals surface area contributed by atoms with Crippen molar-refractivity contribution in [1.82, 2.24) is 19.7 Å². The van der Waals surface area contributed by atoms with Gasteiger partial charge in [-0.1, -0.05) is 30.3 Å². The Bertz CT molecular complexity index is 553. The molecule has 4 nitrogen and oxygen atoms in total. The molecule has 0 saturated carbocycles. The molecule has 1 aliphatic heterocycles. The van der Waals surface area contributed by atoms with Gasteiger partial charge in [0.2, 0.25) is 0 Å². The SMILES string of the molecule is FC(F)CN1CCn2c(nnc2-c2ccccc2)C1. The molecule has 0 N–H and O–H groups in total. The van der Waals surface area contributed by atoms with Gasteiger partial charge in [0.05, 0.1) is 13.1 Å². The van der Waals surface area contributed by atoms with E-state index in [0.29, 0.717) is 19.6 Å². The van der Waals surface area contributed by atoms with Crippen molar-refractivity contribution in [1.29, 1.82) is 0 Å². The van der Waals surface area contributed by atoms with Crippen LogP contribution in [-0.4, -0.2) is 39.2 Å². The summed E-state index contributed by atoms with van der Waals surface area (Å²) in [4.78, 5) is 1.71. The van der Waals surface area contributed by atoms with Crippen LogP contribution in [0.4, 0.5) is 8.78 Å². The molecule has 0 amide bonds. The molecule has 0 spiro atoms. The van der Waals surface area contributed by atoms with Crippen molar-refractivity contribution in [2.24, 2.45) is 0 Å². The third-order valence-electron chi connectivity index (χ3n) is 3.26. The zero-order chi connectivity index (χ0) is 13.2. The molecule has 0 saturated heterocycles. The molecule has 0 radical (unpaired) electrons. The lowest BCUT2D eigenvalue weighted by molar-refractivity contribution is 0.0743. The number of fused-ring (bicyclic) bond motifs is 1. The molecule has 0 atom stereocenters. The van der Waals surface area contributed by atoms with Gasteiger partial charge < -0.3 is 4.57 Å². The van der Waals surface area contributed by atoms with Crippen LogP contribution in [0.1, 0.15) is 5.82 Å². The minimum atomic E-state index is -2.30. The predicted octanol–water partition coefficient (Wildman–Crippen LogP) is 2.03. The Morgan fingerprint density at radius 2 is 1.89 bits per heavy atom. The van der Waals surface area contributed by atoms with Crippen molar-refractivity contribution in [2.45, 2.75) is 19.5 Å². The third kappa shape index (κ3) is 2.49. The van der Waals surface area contributed by atoms with E-state index >= 15 is 0 Å². The minimum Gasteiger partial charge on any atom is -0.309 e. The Kier molecular flexibility index (Phi) is 3.25. The van der Waals surface area contributed by atoms with Gasteiger partial charge in [0.1, 0.15) is 5.82 Å². The van der Waals surface area contributed by atoms with Crippen LogP contribution in [0.2, 0.25) is 0 Å². The first-order valence-corrected chi connectivity index (χ1v) is 6.22. The molecular formula is C13H14F2N4. The Morgan fingerprint density at radius 3 is 2.63 bits per heavy atom. The van der Waals surface area contributed by atoms with E-state index in [-0.39, 0.29) is 6.54 Å². The molecule has 1 aliphatic rings. The van der Waals surface area contributed by atoms with Crippen molar-refractivity contribution < 1.29 is 8.78 Å². The lowest BCUT2D eigenvalue weighted by Gasteiger charge is -2.27. The number of halogens is 2. The van der Waals surface area contributed by atoms with Gasteiger partial charge in [-0.15, -0.1) is 10.2 Å². The van der Waals surface area contributed by atoms with Crippen molar-refractivity contribution in [3.05, 3.63) is 36.2 Å². The van der Waals surface area contributed by atoms with Gasteiger partial charge in [-0.2, -0.15) is 0 Å². The van der Waals surface area contributed by atoms with Crippen molar-refractivity contribution in [2.75, 3.05) is 13.1 Å². The van der Waals surface area contributed by atoms with Crippen molar-refractivity contribution >= 4 is 0 Å². The fraction of sp³-hybridized carbons (Fsp3) is 0.385. The number of alkyl halides is 2. The Morgan fingerprint density at radius 1 is 1.11 bits per heavy atom. The lowest BCUT2D eigenvalue weighted by atomic mass is 10.2. The predicted molar refractivity (Wildman–Crippen MR) is 66.7 cm³/mol. The highest BCUT2D eigenvalue weighted by Crippen LogP contribution is 2.21.